The van der Waals surface area contributed by atoms with Gasteiger partial charge in [-0.2, -0.15) is 0 Å². The Morgan fingerprint density at radius 3 is 2.77 bits per heavy atom. The van der Waals surface area contributed by atoms with Gasteiger partial charge in [0.05, 0.1) is 0 Å². The summed E-state index contributed by atoms with van der Waals surface area (Å²) in [5, 5.41) is 17.7. The van der Waals surface area contributed by atoms with Crippen LogP contribution < -0.4 is 0 Å². The number of rotatable bonds is 2. The fourth-order valence-electron chi connectivity index (χ4n) is 2.36. The van der Waals surface area contributed by atoms with Gasteiger partial charge in [0.1, 0.15) is 0 Å². The zero-order valence-corrected chi connectivity index (χ0v) is 7.52. The Morgan fingerprint density at radius 2 is 2.15 bits per heavy atom. The number of aliphatic hydroxyl groups excluding tert-OH is 1. The van der Waals surface area contributed by atoms with Gasteiger partial charge in [-0.05, 0) is 31.1 Å². The van der Waals surface area contributed by atoms with Crippen molar-refractivity contribution in [1.82, 2.24) is 4.90 Å². The molecule has 0 aromatic carbocycles. The molecule has 13 heavy (non-hydrogen) atoms. The number of nitrogens with zero attached hydrogens (tertiary/aromatic N) is 1. The summed E-state index contributed by atoms with van der Waals surface area (Å²) in [6, 6.07) is 0.0613. The van der Waals surface area contributed by atoms with E-state index in [1.54, 1.807) is 0 Å². The maximum absolute atomic E-state index is 10.8. The first-order valence-electron chi connectivity index (χ1n) is 4.82. The second-order valence-corrected chi connectivity index (χ2v) is 4.09. The van der Waals surface area contributed by atoms with Crippen LogP contribution >= 0.6 is 0 Å². The molecule has 0 aromatic heterocycles. The molecule has 0 unspecified atom stereocenters. The van der Waals surface area contributed by atoms with Crippen LogP contribution in [0.2, 0.25) is 0 Å². The number of fused-ring (bicyclic) bond motifs is 1. The molecule has 4 nitrogen and oxygen atoms in total. The van der Waals surface area contributed by atoms with Crippen LogP contribution in [0, 0.1) is 11.8 Å². The number of hydrogen-bond acceptors (Lipinski definition) is 2. The molecule has 2 rings (SSSR count). The van der Waals surface area contributed by atoms with Crippen LogP contribution in [-0.2, 0) is 0 Å². The van der Waals surface area contributed by atoms with Gasteiger partial charge >= 0.3 is 6.09 Å². The van der Waals surface area contributed by atoms with Crippen LogP contribution in [-0.4, -0.2) is 40.4 Å². The molecule has 74 valence electrons. The largest absolute Gasteiger partial charge is 0.465 e. The van der Waals surface area contributed by atoms with Gasteiger partial charge in [0.25, 0.3) is 0 Å². The number of likely N-dealkylation sites (tertiary alicyclic amines) is 1. The molecule has 1 aliphatic heterocycles. The van der Waals surface area contributed by atoms with Gasteiger partial charge in [-0.1, -0.05) is 0 Å². The number of carbonyl (C=O) groups is 1. The topological polar surface area (TPSA) is 60.8 Å². The average molecular weight is 185 g/mol. The fraction of sp³-hybridized carbons (Fsp3) is 0.889. The second-order valence-electron chi connectivity index (χ2n) is 4.09. The molecule has 0 bridgehead atoms. The molecular formula is C9H15NO3. The lowest BCUT2D eigenvalue weighted by molar-refractivity contribution is 0.0917. The van der Waals surface area contributed by atoms with E-state index in [0.717, 1.165) is 12.3 Å². The molecule has 3 atom stereocenters. The first kappa shape index (κ1) is 8.81. The van der Waals surface area contributed by atoms with Crippen molar-refractivity contribution in [3.05, 3.63) is 0 Å². The maximum atomic E-state index is 10.8. The first-order valence-corrected chi connectivity index (χ1v) is 4.82. The number of hydrogen-bond donors (Lipinski definition) is 2. The molecule has 1 saturated carbocycles. The van der Waals surface area contributed by atoms with Crippen molar-refractivity contribution < 1.29 is 15.0 Å². The minimum Gasteiger partial charge on any atom is -0.465 e. The lowest BCUT2D eigenvalue weighted by Gasteiger charge is -2.32. The minimum atomic E-state index is -0.830. The van der Waals surface area contributed by atoms with Crippen LogP contribution in [0.25, 0.3) is 0 Å². The van der Waals surface area contributed by atoms with Gasteiger partial charge in [-0.3, -0.25) is 0 Å². The third-order valence-electron chi connectivity index (χ3n) is 3.22. The van der Waals surface area contributed by atoms with Crippen molar-refractivity contribution in [2.45, 2.75) is 25.3 Å². The Kier molecular flexibility index (Phi) is 2.15. The second kappa shape index (κ2) is 3.18. The highest BCUT2D eigenvalue weighted by Crippen LogP contribution is 2.47. The van der Waals surface area contributed by atoms with E-state index >= 15 is 0 Å². The zero-order valence-electron chi connectivity index (χ0n) is 7.52. The van der Waals surface area contributed by atoms with E-state index < -0.39 is 6.09 Å². The molecule has 1 aliphatic carbocycles. The van der Waals surface area contributed by atoms with Crippen LogP contribution in [0.4, 0.5) is 4.79 Å². The SMILES string of the molecule is O=C(O)N1C[C@H]2C[C@H]2C[C@H]1CCO. The molecule has 4 heteroatoms. The Hall–Kier alpha value is -0.770. The highest BCUT2D eigenvalue weighted by atomic mass is 16.4. The number of amides is 1. The van der Waals surface area contributed by atoms with Crippen molar-refractivity contribution in [2.75, 3.05) is 13.2 Å². The lowest BCUT2D eigenvalue weighted by Crippen LogP contribution is -2.44. The third kappa shape index (κ3) is 1.63. The van der Waals surface area contributed by atoms with Gasteiger partial charge in [-0.25, -0.2) is 4.79 Å². The van der Waals surface area contributed by atoms with Crippen LogP contribution in [0.5, 0.6) is 0 Å². The standard InChI is InChI=1S/C9H15NO3/c11-2-1-8-4-6-3-7(6)5-10(8)9(12)13/h6-8,11H,1-5H2,(H,12,13)/t6-,7+,8+/m0/s1. The molecule has 1 saturated heterocycles. The molecule has 2 aliphatic rings. The Bertz CT molecular complexity index is 219. The molecule has 2 fully saturated rings. The molecule has 0 aromatic rings. The summed E-state index contributed by atoms with van der Waals surface area (Å²) < 4.78 is 0. The van der Waals surface area contributed by atoms with Crippen molar-refractivity contribution in [3.63, 3.8) is 0 Å². The first-order chi connectivity index (χ1) is 6.22. The molecular weight excluding hydrogens is 170 g/mol. The molecule has 2 N–H and O–H groups in total. The number of carboxylic acid groups (broad SMARTS) is 1. The number of aliphatic hydroxyl groups is 1. The van der Waals surface area contributed by atoms with Crippen LogP contribution in [0.1, 0.15) is 19.3 Å². The normalized spacial score (nSPS) is 37.0. The maximum Gasteiger partial charge on any atom is 0.407 e. The predicted molar refractivity (Wildman–Crippen MR) is 46.4 cm³/mol. The summed E-state index contributed by atoms with van der Waals surface area (Å²) in [7, 11) is 0. The molecule has 0 spiro atoms. The van der Waals surface area contributed by atoms with E-state index in [1.807, 2.05) is 0 Å². The highest BCUT2D eigenvalue weighted by Gasteiger charge is 2.46. The molecule has 1 heterocycles. The van der Waals surface area contributed by atoms with Crippen molar-refractivity contribution in [1.29, 1.82) is 0 Å². The average Bonchev–Trinajstić information content (AvgIpc) is 2.81. The fourth-order valence-corrected chi connectivity index (χ4v) is 2.36. The summed E-state index contributed by atoms with van der Waals surface area (Å²) >= 11 is 0. The van der Waals surface area contributed by atoms with E-state index in [2.05, 4.69) is 0 Å². The number of piperidine rings is 1. The van der Waals surface area contributed by atoms with Crippen molar-refractivity contribution >= 4 is 6.09 Å². The summed E-state index contributed by atoms with van der Waals surface area (Å²) in [5.41, 5.74) is 0. The third-order valence-corrected chi connectivity index (χ3v) is 3.22. The Labute approximate surface area is 77.2 Å². The van der Waals surface area contributed by atoms with E-state index in [4.69, 9.17) is 10.2 Å². The summed E-state index contributed by atoms with van der Waals surface area (Å²) in [4.78, 5) is 12.4. The quantitative estimate of drug-likeness (QED) is 0.667. The van der Waals surface area contributed by atoms with E-state index in [0.29, 0.717) is 18.9 Å². The van der Waals surface area contributed by atoms with Gasteiger partial charge < -0.3 is 15.1 Å². The van der Waals surface area contributed by atoms with E-state index in [-0.39, 0.29) is 12.6 Å². The van der Waals surface area contributed by atoms with Gasteiger partial charge in [0.15, 0.2) is 0 Å². The van der Waals surface area contributed by atoms with Gasteiger partial charge in [0.2, 0.25) is 0 Å². The molecule has 1 amide bonds. The predicted octanol–water partition coefficient (Wildman–Crippen LogP) is 0.757. The lowest BCUT2D eigenvalue weighted by atomic mass is 10.0. The highest BCUT2D eigenvalue weighted by molar-refractivity contribution is 5.65. The summed E-state index contributed by atoms with van der Waals surface area (Å²) in [6.07, 6.45) is 1.91. The van der Waals surface area contributed by atoms with Crippen molar-refractivity contribution in [2.24, 2.45) is 11.8 Å². The Morgan fingerprint density at radius 1 is 1.38 bits per heavy atom. The smallest absolute Gasteiger partial charge is 0.407 e. The Balaban J connectivity index is 1.99. The summed E-state index contributed by atoms with van der Waals surface area (Å²) in [6.45, 7) is 0.774. The van der Waals surface area contributed by atoms with Crippen LogP contribution in [0.15, 0.2) is 0 Å². The van der Waals surface area contributed by atoms with Crippen molar-refractivity contribution in [3.8, 4) is 0 Å². The monoisotopic (exact) mass is 185 g/mol. The van der Waals surface area contributed by atoms with E-state index in [9.17, 15) is 4.79 Å². The summed E-state index contributed by atoms with van der Waals surface area (Å²) in [5.74, 6) is 1.36. The minimum absolute atomic E-state index is 0.0613. The van der Waals surface area contributed by atoms with Gasteiger partial charge in [0, 0.05) is 19.2 Å². The molecule has 0 radical (unpaired) electrons. The van der Waals surface area contributed by atoms with Gasteiger partial charge in [-0.15, -0.1) is 0 Å². The van der Waals surface area contributed by atoms with E-state index in [1.165, 1.54) is 11.3 Å². The van der Waals surface area contributed by atoms with Crippen LogP contribution in [0.3, 0.4) is 0 Å². The zero-order chi connectivity index (χ0) is 9.42.